The Kier molecular flexibility index (Phi) is 3.90. The Hall–Kier alpha value is -1.18. The van der Waals surface area contributed by atoms with Crippen LogP contribution >= 0.6 is 23.4 Å². The van der Waals surface area contributed by atoms with Gasteiger partial charge in [0.15, 0.2) is 16.1 Å². The van der Waals surface area contributed by atoms with E-state index >= 15 is 0 Å². The molecule has 0 radical (unpaired) electrons. The first-order chi connectivity index (χ1) is 10.1. The van der Waals surface area contributed by atoms with Crippen LogP contribution in [0.25, 0.3) is 10.9 Å². The van der Waals surface area contributed by atoms with Gasteiger partial charge < -0.3 is 9.64 Å². The van der Waals surface area contributed by atoms with Crippen LogP contribution < -0.4 is 4.90 Å². The van der Waals surface area contributed by atoms with Crippen molar-refractivity contribution in [3.8, 4) is 0 Å². The van der Waals surface area contributed by atoms with E-state index in [9.17, 15) is 4.39 Å². The number of anilines is 1. The summed E-state index contributed by atoms with van der Waals surface area (Å²) in [4.78, 5) is 14.5. The van der Waals surface area contributed by atoms with Gasteiger partial charge in [-0.1, -0.05) is 23.4 Å². The quantitative estimate of drug-likeness (QED) is 0.489. The molecular formula is C13H14ClFN4OS. The number of pyridine rings is 1. The SMILES string of the molecule is CO[C@@H]1C[C@H]1N(C)c1nc(Cl)c(F)c2nc(SC)ncc12. The molecule has 1 fully saturated rings. The number of hydrogen-bond acceptors (Lipinski definition) is 6. The van der Waals surface area contributed by atoms with Gasteiger partial charge in [0, 0.05) is 20.4 Å². The van der Waals surface area contributed by atoms with Crippen molar-refractivity contribution in [1.29, 1.82) is 0 Å². The Morgan fingerprint density at radius 3 is 2.86 bits per heavy atom. The van der Waals surface area contributed by atoms with Crippen molar-refractivity contribution in [1.82, 2.24) is 15.0 Å². The molecule has 2 aromatic heterocycles. The Labute approximate surface area is 130 Å². The molecule has 2 heterocycles. The van der Waals surface area contributed by atoms with Gasteiger partial charge in [0.2, 0.25) is 0 Å². The highest BCUT2D eigenvalue weighted by Gasteiger charge is 2.42. The summed E-state index contributed by atoms with van der Waals surface area (Å²) in [6.07, 6.45) is 4.51. The van der Waals surface area contributed by atoms with Crippen LogP contribution in [0.5, 0.6) is 0 Å². The second-order valence-corrected chi connectivity index (χ2v) is 5.98. The molecule has 112 valence electrons. The van der Waals surface area contributed by atoms with Crippen molar-refractivity contribution in [2.45, 2.75) is 23.7 Å². The third-order valence-corrected chi connectivity index (χ3v) is 4.43. The van der Waals surface area contributed by atoms with Crippen LogP contribution in [0.15, 0.2) is 11.4 Å². The molecule has 0 bridgehead atoms. The maximum absolute atomic E-state index is 14.2. The summed E-state index contributed by atoms with van der Waals surface area (Å²) in [5, 5.41) is 0.877. The first-order valence-electron chi connectivity index (χ1n) is 6.38. The second kappa shape index (κ2) is 5.55. The topological polar surface area (TPSA) is 51.1 Å². The first-order valence-corrected chi connectivity index (χ1v) is 7.98. The number of methoxy groups -OCH3 is 1. The molecule has 0 aromatic carbocycles. The molecule has 2 atom stereocenters. The normalized spacial score (nSPS) is 20.8. The number of hydrogen-bond donors (Lipinski definition) is 0. The molecule has 1 aliphatic carbocycles. The van der Waals surface area contributed by atoms with Gasteiger partial charge in [0.25, 0.3) is 0 Å². The molecule has 3 rings (SSSR count). The Balaban J connectivity index is 2.12. The minimum Gasteiger partial charge on any atom is -0.379 e. The number of rotatable bonds is 4. The number of ether oxygens (including phenoxy) is 1. The number of nitrogens with zero attached hydrogens (tertiary/aromatic N) is 4. The van der Waals surface area contributed by atoms with Crippen molar-refractivity contribution in [3.63, 3.8) is 0 Å². The molecule has 0 aliphatic heterocycles. The summed E-state index contributed by atoms with van der Waals surface area (Å²) in [5.41, 5.74) is 0.200. The van der Waals surface area contributed by atoms with E-state index in [1.165, 1.54) is 11.8 Å². The third-order valence-electron chi connectivity index (χ3n) is 3.62. The monoisotopic (exact) mass is 328 g/mol. The third kappa shape index (κ3) is 2.54. The van der Waals surface area contributed by atoms with E-state index in [4.69, 9.17) is 16.3 Å². The van der Waals surface area contributed by atoms with E-state index in [-0.39, 0.29) is 22.8 Å². The average molecular weight is 329 g/mol. The van der Waals surface area contributed by atoms with E-state index in [0.717, 1.165) is 6.42 Å². The molecule has 2 aromatic rings. The summed E-state index contributed by atoms with van der Waals surface area (Å²) in [5.74, 6) is -0.0331. The number of aromatic nitrogens is 3. The number of halogens is 2. The smallest absolute Gasteiger partial charge is 0.187 e. The number of fused-ring (bicyclic) bond motifs is 1. The number of likely N-dealkylation sites (N-methyl/N-ethyl adjacent to an activating group) is 1. The molecule has 5 nitrogen and oxygen atoms in total. The molecule has 0 amide bonds. The summed E-state index contributed by atoms with van der Waals surface area (Å²) < 4.78 is 19.5. The predicted molar refractivity (Wildman–Crippen MR) is 81.7 cm³/mol. The van der Waals surface area contributed by atoms with Gasteiger partial charge >= 0.3 is 0 Å². The average Bonchev–Trinajstić information content (AvgIpc) is 3.29. The van der Waals surface area contributed by atoms with Crippen LogP contribution in [-0.2, 0) is 4.74 Å². The highest BCUT2D eigenvalue weighted by molar-refractivity contribution is 7.98. The minimum absolute atomic E-state index is 0.169. The number of thioether (sulfide) groups is 1. The zero-order valence-corrected chi connectivity index (χ0v) is 13.4. The van der Waals surface area contributed by atoms with Gasteiger partial charge in [-0.25, -0.2) is 19.3 Å². The van der Waals surface area contributed by atoms with Gasteiger partial charge in [0.1, 0.15) is 11.3 Å². The highest BCUT2D eigenvalue weighted by Crippen LogP contribution is 2.37. The van der Waals surface area contributed by atoms with Crippen LogP contribution in [0.3, 0.4) is 0 Å². The molecule has 1 saturated carbocycles. The minimum atomic E-state index is -0.611. The van der Waals surface area contributed by atoms with Gasteiger partial charge in [-0.15, -0.1) is 0 Å². The lowest BCUT2D eigenvalue weighted by atomic mass is 10.2. The van der Waals surface area contributed by atoms with E-state index in [1.807, 2.05) is 18.2 Å². The van der Waals surface area contributed by atoms with Gasteiger partial charge in [-0.05, 0) is 12.7 Å². The van der Waals surface area contributed by atoms with Gasteiger partial charge in [-0.3, -0.25) is 0 Å². The fourth-order valence-electron chi connectivity index (χ4n) is 2.34. The lowest BCUT2D eigenvalue weighted by molar-refractivity contribution is 0.177. The molecule has 0 saturated heterocycles. The van der Waals surface area contributed by atoms with Crippen molar-refractivity contribution in [2.24, 2.45) is 0 Å². The molecule has 0 N–H and O–H groups in total. The van der Waals surface area contributed by atoms with Crippen molar-refractivity contribution in [2.75, 3.05) is 25.3 Å². The lowest BCUT2D eigenvalue weighted by Gasteiger charge is -2.20. The molecule has 21 heavy (non-hydrogen) atoms. The van der Waals surface area contributed by atoms with Crippen molar-refractivity contribution >= 4 is 40.1 Å². The molecule has 0 spiro atoms. The fourth-order valence-corrected chi connectivity index (χ4v) is 2.85. The summed E-state index contributed by atoms with van der Waals surface area (Å²) in [6.45, 7) is 0. The van der Waals surface area contributed by atoms with E-state index < -0.39 is 5.82 Å². The van der Waals surface area contributed by atoms with Crippen LogP contribution in [0.1, 0.15) is 6.42 Å². The van der Waals surface area contributed by atoms with E-state index in [2.05, 4.69) is 15.0 Å². The Morgan fingerprint density at radius 1 is 1.48 bits per heavy atom. The highest BCUT2D eigenvalue weighted by atomic mass is 35.5. The van der Waals surface area contributed by atoms with E-state index in [0.29, 0.717) is 16.4 Å². The van der Waals surface area contributed by atoms with E-state index in [1.54, 1.807) is 13.3 Å². The van der Waals surface area contributed by atoms with Crippen molar-refractivity contribution in [3.05, 3.63) is 17.2 Å². The summed E-state index contributed by atoms with van der Waals surface area (Å²) in [7, 11) is 3.57. The largest absolute Gasteiger partial charge is 0.379 e. The zero-order valence-electron chi connectivity index (χ0n) is 11.8. The zero-order chi connectivity index (χ0) is 15.1. The van der Waals surface area contributed by atoms with Gasteiger partial charge in [0.05, 0.1) is 17.5 Å². The molecule has 0 unspecified atom stereocenters. The molecule has 8 heteroatoms. The lowest BCUT2D eigenvalue weighted by Crippen LogP contribution is -2.25. The fraction of sp³-hybridized carbons (Fsp3) is 0.462. The van der Waals surface area contributed by atoms with Crippen LogP contribution in [0.2, 0.25) is 5.15 Å². The molecular weight excluding hydrogens is 315 g/mol. The predicted octanol–water partition coefficient (Wildman–Crippen LogP) is 2.76. The van der Waals surface area contributed by atoms with Gasteiger partial charge in [-0.2, -0.15) is 0 Å². The summed E-state index contributed by atoms with van der Waals surface area (Å²) in [6, 6.07) is 0.215. The Bertz CT molecular complexity index is 701. The maximum Gasteiger partial charge on any atom is 0.187 e. The Morgan fingerprint density at radius 2 is 2.24 bits per heavy atom. The van der Waals surface area contributed by atoms with Crippen LogP contribution in [0, 0.1) is 5.82 Å². The second-order valence-electron chi connectivity index (χ2n) is 4.85. The first kappa shape index (κ1) is 14.7. The van der Waals surface area contributed by atoms with Crippen molar-refractivity contribution < 1.29 is 9.13 Å². The van der Waals surface area contributed by atoms with Crippen LogP contribution in [-0.4, -0.2) is 47.5 Å². The molecule has 1 aliphatic rings. The standard InChI is InChI=1S/C13H14ClFN4OS/c1-19(7-4-8(7)20-2)12-6-5-16-13(21-3)17-10(6)9(15)11(14)18-12/h5,7-8H,4H2,1-3H3/t7-,8-/m1/s1. The maximum atomic E-state index is 14.2. The van der Waals surface area contributed by atoms with Crippen LogP contribution in [0.4, 0.5) is 10.2 Å². The summed E-state index contributed by atoms with van der Waals surface area (Å²) >= 11 is 7.27.